The fourth-order valence-corrected chi connectivity index (χ4v) is 1.70. The highest BCUT2D eigenvalue weighted by Gasteiger charge is 2.11. The molecular formula is C15H12F2N2O2. The van der Waals surface area contributed by atoms with E-state index in [1.807, 2.05) is 0 Å². The van der Waals surface area contributed by atoms with Crippen LogP contribution < -0.4 is 5.43 Å². The number of hydrazone groups is 1. The average molecular weight is 290 g/mol. The first-order valence-electron chi connectivity index (χ1n) is 6.07. The topological polar surface area (TPSA) is 61.7 Å². The third kappa shape index (κ3) is 3.42. The summed E-state index contributed by atoms with van der Waals surface area (Å²) >= 11 is 0. The number of halogens is 2. The molecule has 0 atom stereocenters. The van der Waals surface area contributed by atoms with Crippen LogP contribution in [0.4, 0.5) is 8.78 Å². The average Bonchev–Trinajstić information content (AvgIpc) is 2.47. The van der Waals surface area contributed by atoms with Gasteiger partial charge in [-0.2, -0.15) is 5.10 Å². The van der Waals surface area contributed by atoms with E-state index >= 15 is 0 Å². The van der Waals surface area contributed by atoms with E-state index in [-0.39, 0.29) is 22.6 Å². The van der Waals surface area contributed by atoms with Crippen LogP contribution in [0.1, 0.15) is 22.8 Å². The molecule has 2 rings (SSSR count). The number of phenolic OH excluding ortho intramolecular Hbond substituents is 1. The van der Waals surface area contributed by atoms with Crippen molar-refractivity contribution in [3.8, 4) is 5.75 Å². The highest BCUT2D eigenvalue weighted by Crippen LogP contribution is 2.15. The Hall–Kier alpha value is -2.76. The fourth-order valence-electron chi connectivity index (χ4n) is 1.70. The van der Waals surface area contributed by atoms with Crippen LogP contribution in [0.15, 0.2) is 47.6 Å². The summed E-state index contributed by atoms with van der Waals surface area (Å²) in [6.45, 7) is 1.43. The second-order valence-corrected chi connectivity index (χ2v) is 4.28. The Labute approximate surface area is 119 Å². The number of phenols is 1. The molecule has 0 aliphatic heterocycles. The normalized spacial score (nSPS) is 11.3. The summed E-state index contributed by atoms with van der Waals surface area (Å²) in [5.41, 5.74) is 2.28. The molecule has 0 saturated carbocycles. The van der Waals surface area contributed by atoms with E-state index in [9.17, 15) is 18.7 Å². The van der Waals surface area contributed by atoms with Gasteiger partial charge < -0.3 is 5.11 Å². The molecule has 2 aromatic carbocycles. The predicted octanol–water partition coefficient (Wildman–Crippen LogP) is 2.82. The predicted molar refractivity (Wildman–Crippen MR) is 74.1 cm³/mol. The Morgan fingerprint density at radius 2 is 1.86 bits per heavy atom. The molecule has 0 aliphatic carbocycles. The summed E-state index contributed by atoms with van der Waals surface area (Å²) < 4.78 is 26.6. The van der Waals surface area contributed by atoms with Crippen LogP contribution in [0.3, 0.4) is 0 Å². The fraction of sp³-hybridized carbons (Fsp3) is 0.0667. The van der Waals surface area contributed by atoms with Gasteiger partial charge in [0.1, 0.15) is 17.4 Å². The van der Waals surface area contributed by atoms with Crippen molar-refractivity contribution < 1.29 is 18.7 Å². The molecule has 0 fully saturated rings. The largest absolute Gasteiger partial charge is 0.507 e. The molecule has 108 valence electrons. The van der Waals surface area contributed by atoms with Crippen molar-refractivity contribution in [3.63, 3.8) is 0 Å². The number of rotatable bonds is 3. The minimum atomic E-state index is -0.649. The SMILES string of the molecule is C/C(=N/NC(=O)c1ccccc1O)c1cc(F)ccc1F. The summed E-state index contributed by atoms with van der Waals surface area (Å²) in [6, 6.07) is 8.89. The van der Waals surface area contributed by atoms with Crippen LogP contribution in [0, 0.1) is 11.6 Å². The standard InChI is InChI=1S/C15H12F2N2O2/c1-9(12-8-10(16)6-7-13(12)17)18-19-15(21)11-4-2-3-5-14(11)20/h2-8,20H,1H3,(H,19,21)/b18-9-. The number of hydrogen-bond acceptors (Lipinski definition) is 3. The lowest BCUT2D eigenvalue weighted by atomic mass is 10.1. The van der Waals surface area contributed by atoms with E-state index in [1.54, 1.807) is 12.1 Å². The molecule has 0 unspecified atom stereocenters. The van der Waals surface area contributed by atoms with Crippen molar-refractivity contribution in [2.24, 2.45) is 5.10 Å². The van der Waals surface area contributed by atoms with E-state index in [0.717, 1.165) is 18.2 Å². The molecule has 1 amide bonds. The molecule has 21 heavy (non-hydrogen) atoms. The lowest BCUT2D eigenvalue weighted by Crippen LogP contribution is -2.19. The molecule has 2 N–H and O–H groups in total. The first-order valence-corrected chi connectivity index (χ1v) is 6.07. The Balaban J connectivity index is 2.19. The number of hydrogen-bond donors (Lipinski definition) is 2. The van der Waals surface area contributed by atoms with Crippen LogP contribution >= 0.6 is 0 Å². The zero-order chi connectivity index (χ0) is 15.4. The quantitative estimate of drug-likeness (QED) is 0.674. The maximum atomic E-state index is 13.5. The third-order valence-corrected chi connectivity index (χ3v) is 2.79. The van der Waals surface area contributed by atoms with Gasteiger partial charge in [0.25, 0.3) is 5.91 Å². The van der Waals surface area contributed by atoms with Gasteiger partial charge in [0.2, 0.25) is 0 Å². The summed E-state index contributed by atoms with van der Waals surface area (Å²) in [6.07, 6.45) is 0. The molecule has 6 heteroatoms. The highest BCUT2D eigenvalue weighted by atomic mass is 19.1. The first kappa shape index (κ1) is 14.6. The number of carbonyl (C=O) groups is 1. The Morgan fingerprint density at radius 1 is 1.14 bits per heavy atom. The molecule has 0 saturated heterocycles. The van der Waals surface area contributed by atoms with E-state index in [2.05, 4.69) is 10.5 Å². The third-order valence-electron chi connectivity index (χ3n) is 2.79. The zero-order valence-electron chi connectivity index (χ0n) is 11.1. The maximum absolute atomic E-state index is 13.5. The van der Waals surface area contributed by atoms with E-state index in [1.165, 1.54) is 19.1 Å². The summed E-state index contributed by atoms with van der Waals surface area (Å²) in [5.74, 6) is -2.09. The molecule has 0 radical (unpaired) electrons. The molecule has 0 aromatic heterocycles. The van der Waals surface area contributed by atoms with Crippen LogP contribution in [0.2, 0.25) is 0 Å². The summed E-state index contributed by atoms with van der Waals surface area (Å²) in [4.78, 5) is 11.8. The molecule has 0 spiro atoms. The number of carbonyl (C=O) groups excluding carboxylic acids is 1. The van der Waals surface area contributed by atoms with Gasteiger partial charge in [-0.15, -0.1) is 0 Å². The van der Waals surface area contributed by atoms with Crippen molar-refractivity contribution in [2.75, 3.05) is 0 Å². The Kier molecular flexibility index (Phi) is 4.27. The van der Waals surface area contributed by atoms with Gasteiger partial charge in [0, 0.05) is 5.56 Å². The summed E-state index contributed by atoms with van der Waals surface area (Å²) in [7, 11) is 0. The van der Waals surface area contributed by atoms with Gasteiger partial charge in [0.05, 0.1) is 11.3 Å². The number of benzene rings is 2. The maximum Gasteiger partial charge on any atom is 0.275 e. The second kappa shape index (κ2) is 6.13. The molecule has 0 aliphatic rings. The number of nitrogens with zero attached hydrogens (tertiary/aromatic N) is 1. The van der Waals surface area contributed by atoms with Crippen molar-refractivity contribution in [3.05, 3.63) is 65.2 Å². The van der Waals surface area contributed by atoms with Gasteiger partial charge in [0.15, 0.2) is 0 Å². The van der Waals surface area contributed by atoms with Crippen LogP contribution in [0.25, 0.3) is 0 Å². The molecule has 2 aromatic rings. The van der Waals surface area contributed by atoms with E-state index in [4.69, 9.17) is 0 Å². The smallest absolute Gasteiger partial charge is 0.275 e. The lowest BCUT2D eigenvalue weighted by molar-refractivity contribution is 0.0952. The van der Waals surface area contributed by atoms with Crippen molar-refractivity contribution in [1.82, 2.24) is 5.43 Å². The summed E-state index contributed by atoms with van der Waals surface area (Å²) in [5, 5.41) is 13.2. The second-order valence-electron chi connectivity index (χ2n) is 4.28. The van der Waals surface area contributed by atoms with Crippen molar-refractivity contribution in [1.29, 1.82) is 0 Å². The Morgan fingerprint density at radius 3 is 2.57 bits per heavy atom. The van der Waals surface area contributed by atoms with Gasteiger partial charge in [-0.3, -0.25) is 4.79 Å². The number of nitrogens with one attached hydrogen (secondary N) is 1. The van der Waals surface area contributed by atoms with Gasteiger partial charge in [-0.1, -0.05) is 12.1 Å². The van der Waals surface area contributed by atoms with Crippen LogP contribution in [-0.4, -0.2) is 16.7 Å². The van der Waals surface area contributed by atoms with Crippen molar-refractivity contribution in [2.45, 2.75) is 6.92 Å². The van der Waals surface area contributed by atoms with Gasteiger partial charge >= 0.3 is 0 Å². The number of aromatic hydroxyl groups is 1. The molecule has 0 heterocycles. The minimum absolute atomic E-state index is 0.0359. The van der Waals surface area contributed by atoms with Crippen molar-refractivity contribution >= 4 is 11.6 Å². The van der Waals surface area contributed by atoms with E-state index in [0.29, 0.717) is 0 Å². The monoisotopic (exact) mass is 290 g/mol. The molecular weight excluding hydrogens is 278 g/mol. The van der Waals surface area contributed by atoms with Gasteiger partial charge in [-0.05, 0) is 37.3 Å². The molecule has 4 nitrogen and oxygen atoms in total. The van der Waals surface area contributed by atoms with Crippen LogP contribution in [0.5, 0.6) is 5.75 Å². The highest BCUT2D eigenvalue weighted by molar-refractivity contribution is 6.01. The zero-order valence-corrected chi connectivity index (χ0v) is 11.1. The number of para-hydroxylation sites is 1. The molecule has 0 bridgehead atoms. The lowest BCUT2D eigenvalue weighted by Gasteiger charge is -2.05. The minimum Gasteiger partial charge on any atom is -0.507 e. The van der Waals surface area contributed by atoms with Gasteiger partial charge in [-0.25, -0.2) is 14.2 Å². The Bertz CT molecular complexity index is 715. The van der Waals surface area contributed by atoms with Crippen LogP contribution in [-0.2, 0) is 0 Å². The first-order chi connectivity index (χ1) is 9.99. The number of amides is 1. The van der Waals surface area contributed by atoms with E-state index < -0.39 is 17.5 Å².